The zero-order chi connectivity index (χ0) is 19.1. The Morgan fingerprint density at radius 3 is 2.32 bits per heavy atom. The van der Waals surface area contributed by atoms with E-state index in [1.165, 1.54) is 28.8 Å². The normalized spacial score (nSPS) is 13.5. The number of hydrogen-bond acceptors (Lipinski definition) is 2. The summed E-state index contributed by atoms with van der Waals surface area (Å²) in [5, 5.41) is 8.25. The Morgan fingerprint density at radius 1 is 0.964 bits per heavy atom. The van der Waals surface area contributed by atoms with E-state index in [1.54, 1.807) is 0 Å². The summed E-state index contributed by atoms with van der Waals surface area (Å²) in [6, 6.07) is 21.0. The fourth-order valence-corrected chi connectivity index (χ4v) is 4.47. The molecule has 4 aromatic rings. The van der Waals surface area contributed by atoms with Crippen molar-refractivity contribution in [3.8, 4) is 22.5 Å². The highest BCUT2D eigenvalue weighted by Crippen LogP contribution is 2.38. The molecule has 0 bridgehead atoms. The minimum absolute atomic E-state index is 0.727. The molecule has 0 radical (unpaired) electrons. The maximum absolute atomic E-state index is 5.74. The molecule has 28 heavy (non-hydrogen) atoms. The molecule has 0 atom stereocenters. The van der Waals surface area contributed by atoms with E-state index in [2.05, 4.69) is 69.0 Å². The zero-order valence-corrected chi connectivity index (χ0v) is 16.7. The molecule has 0 fully saturated rings. The quantitative estimate of drug-likeness (QED) is 0.518. The Morgan fingerprint density at radius 2 is 1.64 bits per heavy atom. The summed E-state index contributed by atoms with van der Waals surface area (Å²) in [7, 11) is 1.89. The van der Waals surface area contributed by atoms with Crippen LogP contribution in [0, 0.1) is 0 Å². The van der Waals surface area contributed by atoms with Crippen molar-refractivity contribution in [2.24, 2.45) is 0 Å². The highest BCUT2D eigenvalue weighted by molar-refractivity contribution is 7.80. The molecule has 4 nitrogen and oxygen atoms in total. The van der Waals surface area contributed by atoms with Crippen LogP contribution >= 0.6 is 12.2 Å². The van der Waals surface area contributed by atoms with Gasteiger partial charge in [-0.3, -0.25) is 0 Å². The summed E-state index contributed by atoms with van der Waals surface area (Å²) in [5.74, 6) is 1.01. The number of nitrogens with zero attached hydrogens (tertiary/aromatic N) is 3. The number of hydrogen-bond donors (Lipinski definition) is 1. The SMILES string of the molecule is CNC(=S)c1c(-c2ccccc2)c2c3n(c(-c4ccccc4)nn13)CCCC2. The average molecular weight is 387 g/mol. The van der Waals surface area contributed by atoms with Crippen molar-refractivity contribution in [3.63, 3.8) is 0 Å². The number of aromatic nitrogens is 3. The first-order chi connectivity index (χ1) is 13.8. The maximum Gasteiger partial charge on any atom is 0.162 e. The van der Waals surface area contributed by atoms with Crippen molar-refractivity contribution in [1.29, 1.82) is 0 Å². The predicted molar refractivity (Wildman–Crippen MR) is 118 cm³/mol. The second kappa shape index (κ2) is 6.91. The largest absolute Gasteiger partial charge is 0.378 e. The van der Waals surface area contributed by atoms with Crippen LogP contribution in [-0.4, -0.2) is 26.2 Å². The molecule has 3 heterocycles. The second-order valence-corrected chi connectivity index (χ2v) is 7.59. The number of rotatable bonds is 3. The number of benzene rings is 2. The lowest BCUT2D eigenvalue weighted by Crippen LogP contribution is -2.19. The Balaban J connectivity index is 1.88. The van der Waals surface area contributed by atoms with Crippen LogP contribution in [0.3, 0.4) is 0 Å². The molecule has 1 aliphatic rings. The Labute approximate surface area is 169 Å². The molecule has 0 aliphatic carbocycles. The molecule has 0 saturated heterocycles. The Bertz CT molecular complexity index is 1160. The van der Waals surface area contributed by atoms with E-state index < -0.39 is 0 Å². The van der Waals surface area contributed by atoms with Gasteiger partial charge in [-0.25, -0.2) is 4.52 Å². The van der Waals surface area contributed by atoms with E-state index in [9.17, 15) is 0 Å². The smallest absolute Gasteiger partial charge is 0.162 e. The van der Waals surface area contributed by atoms with Crippen molar-refractivity contribution in [2.45, 2.75) is 25.8 Å². The van der Waals surface area contributed by atoms with Crippen molar-refractivity contribution in [1.82, 2.24) is 19.5 Å². The van der Waals surface area contributed by atoms with Crippen LogP contribution in [0.4, 0.5) is 0 Å². The van der Waals surface area contributed by atoms with Gasteiger partial charge in [0.25, 0.3) is 0 Å². The van der Waals surface area contributed by atoms with Crippen LogP contribution in [0.15, 0.2) is 60.7 Å². The van der Waals surface area contributed by atoms with Gasteiger partial charge in [0.2, 0.25) is 0 Å². The van der Waals surface area contributed by atoms with Gasteiger partial charge in [-0.2, -0.15) is 0 Å². The first kappa shape index (κ1) is 17.2. The van der Waals surface area contributed by atoms with E-state index in [1.807, 2.05) is 13.1 Å². The maximum atomic E-state index is 5.74. The van der Waals surface area contributed by atoms with Crippen LogP contribution in [0.25, 0.3) is 28.2 Å². The van der Waals surface area contributed by atoms with Gasteiger partial charge in [0.1, 0.15) is 16.3 Å². The molecule has 5 rings (SSSR count). The van der Waals surface area contributed by atoms with Gasteiger partial charge in [-0.1, -0.05) is 72.9 Å². The topological polar surface area (TPSA) is 34.3 Å². The van der Waals surface area contributed by atoms with E-state index in [4.69, 9.17) is 17.3 Å². The van der Waals surface area contributed by atoms with E-state index in [0.29, 0.717) is 0 Å². The zero-order valence-electron chi connectivity index (χ0n) is 15.9. The molecule has 2 aromatic heterocycles. The summed E-state index contributed by atoms with van der Waals surface area (Å²) in [6.07, 6.45) is 3.36. The molecule has 1 aliphatic heterocycles. The first-order valence-electron chi connectivity index (χ1n) is 9.76. The minimum atomic E-state index is 0.727. The van der Waals surface area contributed by atoms with Gasteiger partial charge < -0.3 is 9.88 Å². The van der Waals surface area contributed by atoms with Gasteiger partial charge in [-0.15, -0.1) is 5.10 Å². The fraction of sp³-hybridized carbons (Fsp3) is 0.217. The molecular weight excluding hydrogens is 364 g/mol. The van der Waals surface area contributed by atoms with E-state index >= 15 is 0 Å². The molecule has 2 aromatic carbocycles. The summed E-state index contributed by atoms with van der Waals surface area (Å²) in [6.45, 7) is 0.977. The summed E-state index contributed by atoms with van der Waals surface area (Å²) >= 11 is 5.74. The molecule has 1 N–H and O–H groups in total. The highest BCUT2D eigenvalue weighted by atomic mass is 32.1. The van der Waals surface area contributed by atoms with E-state index in [0.717, 1.165) is 41.5 Å². The average Bonchev–Trinajstić information content (AvgIpc) is 3.17. The van der Waals surface area contributed by atoms with Gasteiger partial charge in [0.05, 0.1) is 0 Å². The molecule has 5 heteroatoms. The molecule has 0 unspecified atom stereocenters. The Hall–Kier alpha value is -2.92. The number of thiocarbonyl (C=S) groups is 1. The summed E-state index contributed by atoms with van der Waals surface area (Å²) in [5.41, 5.74) is 7.09. The Kier molecular flexibility index (Phi) is 4.24. The second-order valence-electron chi connectivity index (χ2n) is 7.18. The standard InChI is InChI=1S/C23H22N4S/c1-24-22(28)20-19(16-10-4-2-5-11-16)18-14-8-9-15-26-21(25-27(20)23(18)26)17-12-6-3-7-13-17/h2-7,10-13H,8-9,14-15H2,1H3,(H,24,28). The van der Waals surface area contributed by atoms with E-state index in [-0.39, 0.29) is 0 Å². The first-order valence-corrected chi connectivity index (χ1v) is 10.2. The molecular formula is C23H22N4S. The lowest BCUT2D eigenvalue weighted by Gasteiger charge is -2.09. The van der Waals surface area contributed by atoms with Crippen LogP contribution in [0.2, 0.25) is 0 Å². The lowest BCUT2D eigenvalue weighted by molar-refractivity contribution is 0.645. The summed E-state index contributed by atoms with van der Waals surface area (Å²) in [4.78, 5) is 0.727. The third kappa shape index (κ3) is 2.58. The number of nitrogens with one attached hydrogen (secondary N) is 1. The minimum Gasteiger partial charge on any atom is -0.378 e. The predicted octanol–water partition coefficient (Wildman–Crippen LogP) is 4.70. The lowest BCUT2D eigenvalue weighted by atomic mass is 9.98. The van der Waals surface area contributed by atoms with Crippen molar-refractivity contribution in [3.05, 3.63) is 71.9 Å². The fourth-order valence-electron chi connectivity index (χ4n) is 4.28. The van der Waals surface area contributed by atoms with Crippen molar-refractivity contribution in [2.75, 3.05) is 7.05 Å². The van der Waals surface area contributed by atoms with Crippen LogP contribution < -0.4 is 5.32 Å². The van der Waals surface area contributed by atoms with Crippen molar-refractivity contribution >= 4 is 22.9 Å². The summed E-state index contributed by atoms with van der Waals surface area (Å²) < 4.78 is 4.45. The molecule has 140 valence electrons. The van der Waals surface area contributed by atoms with Gasteiger partial charge in [0, 0.05) is 30.3 Å². The van der Waals surface area contributed by atoms with Gasteiger partial charge >= 0.3 is 0 Å². The molecule has 0 amide bonds. The molecule has 0 spiro atoms. The third-order valence-corrected chi connectivity index (χ3v) is 5.92. The van der Waals surface area contributed by atoms with Gasteiger partial charge in [-0.05, 0) is 24.8 Å². The van der Waals surface area contributed by atoms with Crippen molar-refractivity contribution < 1.29 is 0 Å². The van der Waals surface area contributed by atoms with Crippen LogP contribution in [0.1, 0.15) is 24.1 Å². The third-order valence-electron chi connectivity index (χ3n) is 5.52. The highest BCUT2D eigenvalue weighted by Gasteiger charge is 2.28. The van der Waals surface area contributed by atoms with Gasteiger partial charge in [0.15, 0.2) is 5.82 Å². The monoisotopic (exact) mass is 386 g/mol. The number of aryl methyl sites for hydroxylation is 2. The molecule has 0 saturated carbocycles. The van der Waals surface area contributed by atoms with Crippen LogP contribution in [-0.2, 0) is 13.0 Å². The van der Waals surface area contributed by atoms with Crippen LogP contribution in [0.5, 0.6) is 0 Å².